The van der Waals surface area contributed by atoms with Crippen LogP contribution in [0.15, 0.2) is 39.8 Å². The van der Waals surface area contributed by atoms with Gasteiger partial charge in [0.25, 0.3) is 5.56 Å². The Morgan fingerprint density at radius 1 is 1.50 bits per heavy atom. The summed E-state index contributed by atoms with van der Waals surface area (Å²) in [4.78, 5) is 21.9. The maximum Gasteiger partial charge on any atom is 0.358 e. The number of pyridine rings is 1. The summed E-state index contributed by atoms with van der Waals surface area (Å²) in [6.45, 7) is 0.167. The van der Waals surface area contributed by atoms with Crippen LogP contribution in [0.4, 0.5) is 0 Å². The van der Waals surface area contributed by atoms with Gasteiger partial charge in [0.15, 0.2) is 11.5 Å². The lowest BCUT2D eigenvalue weighted by Gasteiger charge is -1.99. The molecule has 1 N–H and O–H groups in total. The Bertz CT molecular complexity index is 570. The molecule has 0 saturated carbocycles. The van der Waals surface area contributed by atoms with Gasteiger partial charge in [0.05, 0.1) is 6.54 Å². The van der Waals surface area contributed by atoms with Crippen molar-refractivity contribution < 1.29 is 14.4 Å². The molecule has 0 aliphatic rings. The van der Waals surface area contributed by atoms with Crippen LogP contribution in [0, 0.1) is 0 Å². The molecular weight excluding hydrogens is 212 g/mol. The molecule has 82 valence electrons. The van der Waals surface area contributed by atoms with Crippen LogP contribution in [-0.2, 0) is 6.54 Å². The molecule has 2 rings (SSSR count). The van der Waals surface area contributed by atoms with E-state index in [0.29, 0.717) is 5.76 Å². The number of carboxylic acids is 1. The molecular formula is C10H8N2O4. The lowest BCUT2D eigenvalue weighted by molar-refractivity contribution is 0.0685. The zero-order valence-corrected chi connectivity index (χ0v) is 8.16. The molecule has 0 radical (unpaired) electrons. The summed E-state index contributed by atoms with van der Waals surface area (Å²) < 4.78 is 6.19. The second-order valence-electron chi connectivity index (χ2n) is 3.15. The molecule has 0 unspecified atom stereocenters. The molecule has 2 aromatic rings. The molecule has 0 aliphatic carbocycles. The molecule has 2 heterocycles. The van der Waals surface area contributed by atoms with Crippen LogP contribution in [0.3, 0.4) is 0 Å². The van der Waals surface area contributed by atoms with E-state index in [-0.39, 0.29) is 17.8 Å². The first-order chi connectivity index (χ1) is 7.66. The van der Waals surface area contributed by atoms with E-state index in [1.807, 2.05) is 0 Å². The molecule has 0 aliphatic heterocycles. The fourth-order valence-corrected chi connectivity index (χ4v) is 1.25. The van der Waals surface area contributed by atoms with Crippen molar-refractivity contribution in [2.75, 3.05) is 0 Å². The van der Waals surface area contributed by atoms with Gasteiger partial charge >= 0.3 is 5.97 Å². The van der Waals surface area contributed by atoms with E-state index in [2.05, 4.69) is 5.16 Å². The van der Waals surface area contributed by atoms with E-state index in [1.165, 1.54) is 16.7 Å². The van der Waals surface area contributed by atoms with Crippen molar-refractivity contribution in [1.29, 1.82) is 0 Å². The van der Waals surface area contributed by atoms with Crippen molar-refractivity contribution in [2.45, 2.75) is 6.54 Å². The van der Waals surface area contributed by atoms with Crippen molar-refractivity contribution in [2.24, 2.45) is 0 Å². The van der Waals surface area contributed by atoms with Crippen molar-refractivity contribution in [3.05, 3.63) is 52.3 Å². The van der Waals surface area contributed by atoms with Crippen molar-refractivity contribution >= 4 is 5.97 Å². The third-order valence-corrected chi connectivity index (χ3v) is 2.00. The quantitative estimate of drug-likeness (QED) is 0.817. The van der Waals surface area contributed by atoms with Crippen LogP contribution in [0.1, 0.15) is 16.2 Å². The summed E-state index contributed by atoms with van der Waals surface area (Å²) in [5.74, 6) is -0.832. The van der Waals surface area contributed by atoms with E-state index in [0.717, 1.165) is 0 Å². The predicted molar refractivity (Wildman–Crippen MR) is 53.3 cm³/mol. The van der Waals surface area contributed by atoms with Crippen molar-refractivity contribution in [3.8, 4) is 0 Å². The summed E-state index contributed by atoms with van der Waals surface area (Å²) in [6, 6.07) is 6.04. The SMILES string of the molecule is O=C(O)c1cc(Cn2ccccc2=O)on1. The Labute approximate surface area is 89.7 Å². The smallest absolute Gasteiger partial charge is 0.358 e. The highest BCUT2D eigenvalue weighted by atomic mass is 16.5. The molecule has 0 fully saturated rings. The van der Waals surface area contributed by atoms with Gasteiger partial charge < -0.3 is 14.2 Å². The van der Waals surface area contributed by atoms with Crippen molar-refractivity contribution in [1.82, 2.24) is 9.72 Å². The zero-order chi connectivity index (χ0) is 11.5. The van der Waals surface area contributed by atoms with E-state index < -0.39 is 5.97 Å². The predicted octanol–water partition coefficient (Wildman–Crippen LogP) is 0.583. The second kappa shape index (κ2) is 4.01. The lowest BCUT2D eigenvalue weighted by Crippen LogP contribution is -2.17. The first kappa shape index (κ1) is 10.2. The molecule has 6 nitrogen and oxygen atoms in total. The maximum absolute atomic E-state index is 11.3. The Hall–Kier alpha value is -2.37. The largest absolute Gasteiger partial charge is 0.476 e. The Morgan fingerprint density at radius 3 is 2.94 bits per heavy atom. The van der Waals surface area contributed by atoms with Crippen LogP contribution >= 0.6 is 0 Å². The Balaban J connectivity index is 2.24. The van der Waals surface area contributed by atoms with Crippen LogP contribution in [0.5, 0.6) is 0 Å². The number of aromatic carboxylic acids is 1. The van der Waals surface area contributed by atoms with Gasteiger partial charge in [0.2, 0.25) is 0 Å². The number of rotatable bonds is 3. The highest BCUT2D eigenvalue weighted by Crippen LogP contribution is 2.04. The van der Waals surface area contributed by atoms with E-state index in [9.17, 15) is 9.59 Å². The monoisotopic (exact) mass is 220 g/mol. The topological polar surface area (TPSA) is 85.3 Å². The van der Waals surface area contributed by atoms with Gasteiger partial charge in [-0.05, 0) is 6.07 Å². The lowest BCUT2D eigenvalue weighted by atomic mass is 10.3. The highest BCUT2D eigenvalue weighted by Gasteiger charge is 2.10. The van der Waals surface area contributed by atoms with Crippen LogP contribution in [-0.4, -0.2) is 20.8 Å². The van der Waals surface area contributed by atoms with Crippen LogP contribution in [0.2, 0.25) is 0 Å². The summed E-state index contributed by atoms with van der Waals surface area (Å²) in [5, 5.41) is 12.0. The molecule has 0 spiro atoms. The maximum atomic E-state index is 11.3. The molecule has 0 atom stereocenters. The van der Waals surface area contributed by atoms with Crippen molar-refractivity contribution in [3.63, 3.8) is 0 Å². The van der Waals surface area contributed by atoms with Gasteiger partial charge in [0, 0.05) is 18.3 Å². The molecule has 6 heteroatoms. The summed E-state index contributed by atoms with van der Waals surface area (Å²) in [5.41, 5.74) is -0.352. The van der Waals surface area contributed by atoms with Crippen LogP contribution < -0.4 is 5.56 Å². The minimum Gasteiger partial charge on any atom is -0.476 e. The van der Waals surface area contributed by atoms with Gasteiger partial charge in [-0.2, -0.15) is 0 Å². The normalized spacial score (nSPS) is 10.2. The minimum absolute atomic E-state index is 0.167. The first-order valence-electron chi connectivity index (χ1n) is 4.51. The molecule has 0 saturated heterocycles. The number of carboxylic acid groups (broad SMARTS) is 1. The second-order valence-corrected chi connectivity index (χ2v) is 3.15. The highest BCUT2D eigenvalue weighted by molar-refractivity contribution is 5.85. The summed E-state index contributed by atoms with van der Waals surface area (Å²) >= 11 is 0. The molecule has 0 bridgehead atoms. The molecule has 16 heavy (non-hydrogen) atoms. The number of aromatic nitrogens is 2. The number of carbonyl (C=O) groups is 1. The van der Waals surface area contributed by atoms with E-state index >= 15 is 0 Å². The van der Waals surface area contributed by atoms with Gasteiger partial charge in [0.1, 0.15) is 0 Å². The number of nitrogens with zero attached hydrogens (tertiary/aromatic N) is 2. The van der Waals surface area contributed by atoms with E-state index in [4.69, 9.17) is 9.63 Å². The number of hydrogen-bond acceptors (Lipinski definition) is 4. The minimum atomic E-state index is -1.16. The third-order valence-electron chi connectivity index (χ3n) is 2.00. The van der Waals surface area contributed by atoms with Gasteiger partial charge in [-0.15, -0.1) is 0 Å². The van der Waals surface area contributed by atoms with Gasteiger partial charge in [-0.25, -0.2) is 4.79 Å². The molecule has 0 aromatic carbocycles. The molecule has 2 aromatic heterocycles. The van der Waals surface area contributed by atoms with Gasteiger partial charge in [-0.3, -0.25) is 4.79 Å². The Morgan fingerprint density at radius 2 is 2.31 bits per heavy atom. The van der Waals surface area contributed by atoms with Gasteiger partial charge in [-0.1, -0.05) is 11.2 Å². The standard InChI is InChI=1S/C10H8N2O4/c13-9-3-1-2-4-12(9)6-7-5-8(10(14)15)11-16-7/h1-5H,6H2,(H,14,15). The fourth-order valence-electron chi connectivity index (χ4n) is 1.25. The average Bonchev–Trinajstić information content (AvgIpc) is 2.70. The fraction of sp³-hybridized carbons (Fsp3) is 0.100. The zero-order valence-electron chi connectivity index (χ0n) is 8.16. The number of hydrogen-bond donors (Lipinski definition) is 1. The third kappa shape index (κ3) is 2.00. The summed E-state index contributed by atoms with van der Waals surface area (Å²) in [6.07, 6.45) is 1.59. The first-order valence-corrected chi connectivity index (χ1v) is 4.51. The van der Waals surface area contributed by atoms with Crippen LogP contribution in [0.25, 0.3) is 0 Å². The summed E-state index contributed by atoms with van der Waals surface area (Å²) in [7, 11) is 0. The van der Waals surface area contributed by atoms with E-state index in [1.54, 1.807) is 18.3 Å². The Kier molecular flexibility index (Phi) is 2.55. The average molecular weight is 220 g/mol. The molecule has 0 amide bonds.